The van der Waals surface area contributed by atoms with Gasteiger partial charge in [0.1, 0.15) is 16.4 Å². The van der Waals surface area contributed by atoms with Crippen LogP contribution >= 0.6 is 11.6 Å². The zero-order valence-corrected chi connectivity index (χ0v) is 21.5. The maximum absolute atomic E-state index is 14.6. The number of rotatable bonds is 8. The molecule has 0 unspecified atom stereocenters. The molecule has 2 N–H and O–H groups in total. The smallest absolute Gasteiger partial charge is 0.479 e. The lowest BCUT2D eigenvalue weighted by Crippen LogP contribution is -2.48. The van der Waals surface area contributed by atoms with Crippen molar-refractivity contribution in [1.29, 1.82) is 0 Å². The zero-order chi connectivity index (χ0) is 27.7. The monoisotopic (exact) mass is 556 g/mol. The largest absolute Gasteiger partial charge is 0.514 e. The number of nitrogens with one attached hydrogen (secondary N) is 2. The van der Waals surface area contributed by atoms with Gasteiger partial charge in [-0.05, 0) is 47.8 Å². The van der Waals surface area contributed by atoms with Crippen LogP contribution in [0.2, 0.25) is 5.02 Å². The summed E-state index contributed by atoms with van der Waals surface area (Å²) in [6, 6.07) is 12.6. The van der Waals surface area contributed by atoms with E-state index in [2.05, 4.69) is 20.5 Å². The molecule has 2 heterocycles. The second-order valence-electron chi connectivity index (χ2n) is 8.76. The molecule has 2 amide bonds. The van der Waals surface area contributed by atoms with Crippen LogP contribution in [0.3, 0.4) is 0 Å². The molecule has 1 fully saturated rings. The first-order valence-corrected chi connectivity index (χ1v) is 12.1. The van der Waals surface area contributed by atoms with E-state index in [0.29, 0.717) is 24.0 Å². The van der Waals surface area contributed by atoms with Crippen molar-refractivity contribution >= 4 is 40.5 Å². The second kappa shape index (κ2) is 10.3. The van der Waals surface area contributed by atoms with Crippen LogP contribution in [0, 0.1) is 5.82 Å². The molecule has 11 nitrogen and oxygen atoms in total. The average Bonchev–Trinajstić information content (AvgIpc) is 3.45. The van der Waals surface area contributed by atoms with E-state index >= 15 is 0 Å². The Balaban J connectivity index is 1.31. The molecular formula is C26H22ClFN4O7. The maximum atomic E-state index is 14.6. The Morgan fingerprint density at radius 3 is 2.54 bits per heavy atom. The lowest BCUT2D eigenvalue weighted by molar-refractivity contribution is -0.124. The van der Waals surface area contributed by atoms with Crippen molar-refractivity contribution in [2.24, 2.45) is 0 Å². The minimum absolute atomic E-state index is 0.0606. The van der Waals surface area contributed by atoms with Gasteiger partial charge in [-0.2, -0.15) is 0 Å². The van der Waals surface area contributed by atoms with Gasteiger partial charge in [0, 0.05) is 12.2 Å². The van der Waals surface area contributed by atoms with Gasteiger partial charge in [-0.25, -0.2) is 9.18 Å². The first-order chi connectivity index (χ1) is 18.8. The molecule has 0 aliphatic heterocycles. The van der Waals surface area contributed by atoms with Crippen LogP contribution in [0.15, 0.2) is 53.1 Å². The van der Waals surface area contributed by atoms with Gasteiger partial charge in [0.05, 0.1) is 31.2 Å². The van der Waals surface area contributed by atoms with E-state index in [4.69, 9.17) is 25.6 Å². The fraction of sp³-hybridized carbons (Fsp3) is 0.231. The van der Waals surface area contributed by atoms with Gasteiger partial charge in [0.2, 0.25) is 17.5 Å². The van der Waals surface area contributed by atoms with E-state index in [0.717, 1.165) is 12.7 Å². The fourth-order valence-electron chi connectivity index (χ4n) is 4.09. The number of fused-ring (bicyclic) bond motifs is 1. The van der Waals surface area contributed by atoms with E-state index in [1.807, 2.05) is 0 Å². The highest BCUT2D eigenvalue weighted by Gasteiger charge is 2.51. The van der Waals surface area contributed by atoms with Gasteiger partial charge >= 0.3 is 6.16 Å². The highest BCUT2D eigenvalue weighted by molar-refractivity contribution is 6.37. The lowest BCUT2D eigenvalue weighted by Gasteiger charge is -2.16. The Morgan fingerprint density at radius 2 is 1.90 bits per heavy atom. The average molecular weight is 557 g/mol. The minimum Gasteiger partial charge on any atom is -0.479 e. The molecule has 202 valence electrons. The van der Waals surface area contributed by atoms with Crippen LogP contribution < -0.4 is 20.1 Å². The standard InChI is InChI=1S/C26H22ClFN4O7/c1-36-19-12-18(39-31-19)22(33)30-26(10-11-26)24(34)29-13-14-6-8-15(9-7-14)32-17-5-3-4-16(28)20(17)21(27)23(32)38-25(35)37-2/h3-9,12H,10-11,13H2,1-2H3,(H,29,34)(H,30,33). The maximum Gasteiger partial charge on any atom is 0.514 e. The summed E-state index contributed by atoms with van der Waals surface area (Å²) in [4.78, 5) is 37.2. The number of halogens is 2. The van der Waals surface area contributed by atoms with E-state index < -0.39 is 23.4 Å². The van der Waals surface area contributed by atoms with Crippen LogP contribution in [0.4, 0.5) is 9.18 Å². The third-order valence-electron chi connectivity index (χ3n) is 6.30. The number of benzene rings is 2. The summed E-state index contributed by atoms with van der Waals surface area (Å²) in [6.45, 7) is 0.181. The number of methoxy groups -OCH3 is 2. The highest BCUT2D eigenvalue weighted by atomic mass is 35.5. The first kappa shape index (κ1) is 26.0. The van der Waals surface area contributed by atoms with Crippen LogP contribution in [0.1, 0.15) is 29.0 Å². The van der Waals surface area contributed by atoms with Crippen molar-refractivity contribution in [2.45, 2.75) is 24.9 Å². The Bertz CT molecular complexity index is 1580. The number of ether oxygens (including phenoxy) is 3. The summed E-state index contributed by atoms with van der Waals surface area (Å²) < 4.78 is 35.7. The molecule has 1 aliphatic carbocycles. The predicted molar refractivity (Wildman–Crippen MR) is 136 cm³/mol. The summed E-state index contributed by atoms with van der Waals surface area (Å²) in [5, 5.41) is 9.13. The highest BCUT2D eigenvalue weighted by Crippen LogP contribution is 2.40. The van der Waals surface area contributed by atoms with Crippen LogP contribution in [-0.4, -0.2) is 47.5 Å². The van der Waals surface area contributed by atoms with Crippen molar-refractivity contribution < 1.29 is 37.5 Å². The molecule has 2 aromatic heterocycles. The fourth-order valence-corrected chi connectivity index (χ4v) is 4.40. The normalized spacial score (nSPS) is 13.5. The number of aromatic nitrogens is 2. The van der Waals surface area contributed by atoms with E-state index in [9.17, 15) is 18.8 Å². The molecule has 0 atom stereocenters. The Kier molecular flexibility index (Phi) is 6.87. The molecule has 0 radical (unpaired) electrons. The van der Waals surface area contributed by atoms with Crippen molar-refractivity contribution in [3.8, 4) is 17.4 Å². The van der Waals surface area contributed by atoms with Gasteiger partial charge < -0.3 is 29.4 Å². The van der Waals surface area contributed by atoms with Crippen molar-refractivity contribution in [1.82, 2.24) is 20.4 Å². The number of nitrogens with zero attached hydrogens (tertiary/aromatic N) is 2. The van der Waals surface area contributed by atoms with Crippen molar-refractivity contribution in [3.05, 3.63) is 70.7 Å². The van der Waals surface area contributed by atoms with E-state index in [1.165, 1.54) is 29.9 Å². The Hall–Kier alpha value is -4.58. The molecule has 1 aliphatic rings. The Labute approximate surface area is 225 Å². The van der Waals surface area contributed by atoms with Crippen molar-refractivity contribution in [3.63, 3.8) is 0 Å². The first-order valence-electron chi connectivity index (χ1n) is 11.7. The van der Waals surface area contributed by atoms with Crippen LogP contribution in [0.25, 0.3) is 16.6 Å². The molecule has 1 saturated carbocycles. The number of hydrogen-bond acceptors (Lipinski definition) is 8. The second-order valence-corrected chi connectivity index (χ2v) is 9.14. The molecule has 13 heteroatoms. The van der Waals surface area contributed by atoms with Gasteiger partial charge in [-0.3, -0.25) is 14.2 Å². The SMILES string of the molecule is COC(=O)Oc1c(Cl)c2c(F)cccc2n1-c1ccc(CNC(=O)C2(NC(=O)c3cc(OC)no3)CC2)cc1. The van der Waals surface area contributed by atoms with Gasteiger partial charge in [-0.1, -0.05) is 29.8 Å². The summed E-state index contributed by atoms with van der Waals surface area (Å²) in [5.41, 5.74) is 0.635. The molecular weight excluding hydrogens is 535 g/mol. The topological polar surface area (TPSA) is 134 Å². The van der Waals surface area contributed by atoms with Crippen LogP contribution in [-0.2, 0) is 16.1 Å². The quantitative estimate of drug-likeness (QED) is 0.309. The van der Waals surface area contributed by atoms with E-state index in [-0.39, 0.29) is 40.4 Å². The zero-order valence-electron chi connectivity index (χ0n) is 20.7. The summed E-state index contributed by atoms with van der Waals surface area (Å²) in [7, 11) is 2.54. The Morgan fingerprint density at radius 1 is 1.15 bits per heavy atom. The molecule has 0 spiro atoms. The molecule has 39 heavy (non-hydrogen) atoms. The van der Waals surface area contributed by atoms with E-state index in [1.54, 1.807) is 30.3 Å². The number of hydrogen-bond donors (Lipinski definition) is 2. The van der Waals surface area contributed by atoms with Crippen LogP contribution in [0.5, 0.6) is 11.8 Å². The van der Waals surface area contributed by atoms with Gasteiger partial charge in [-0.15, -0.1) is 0 Å². The minimum atomic E-state index is -1.03. The number of carbonyl (C=O) groups is 3. The van der Waals surface area contributed by atoms with Gasteiger partial charge in [0.25, 0.3) is 11.8 Å². The third-order valence-corrected chi connectivity index (χ3v) is 6.65. The van der Waals surface area contributed by atoms with Gasteiger partial charge in [0.15, 0.2) is 0 Å². The predicted octanol–water partition coefficient (Wildman–Crippen LogP) is 4.14. The molecule has 2 aromatic carbocycles. The third kappa shape index (κ3) is 4.98. The summed E-state index contributed by atoms with van der Waals surface area (Å²) in [5.74, 6) is -1.48. The molecule has 0 saturated heterocycles. The molecule has 4 aromatic rings. The molecule has 5 rings (SSSR count). The lowest BCUT2D eigenvalue weighted by atomic mass is 10.1. The summed E-state index contributed by atoms with van der Waals surface area (Å²) in [6.07, 6.45) is -0.0461. The number of amides is 2. The molecule has 0 bridgehead atoms. The van der Waals surface area contributed by atoms with Crippen molar-refractivity contribution in [2.75, 3.05) is 14.2 Å². The summed E-state index contributed by atoms with van der Waals surface area (Å²) >= 11 is 6.38. The number of carbonyl (C=O) groups excluding carboxylic acids is 3.